The summed E-state index contributed by atoms with van der Waals surface area (Å²) >= 11 is 0. The highest BCUT2D eigenvalue weighted by Crippen LogP contribution is 2.42. The molecule has 2 N–H and O–H groups in total. The average Bonchev–Trinajstić information content (AvgIpc) is 2.92. The second-order valence-corrected chi connectivity index (χ2v) is 6.03. The Morgan fingerprint density at radius 1 is 1.11 bits per heavy atom. The van der Waals surface area contributed by atoms with Crippen molar-refractivity contribution in [3.63, 3.8) is 0 Å². The highest BCUT2D eigenvalue weighted by atomic mass is 16.5. The molecule has 3 rings (SSSR count). The largest absolute Gasteiger partial charge is 0.501 e. The maximum absolute atomic E-state index is 12.7. The van der Waals surface area contributed by atoms with Crippen LogP contribution in [0.2, 0.25) is 0 Å². The summed E-state index contributed by atoms with van der Waals surface area (Å²) in [4.78, 5) is 25.0. The number of hydrogen-bond donors (Lipinski definition) is 2. The Morgan fingerprint density at radius 3 is 2.44 bits per heavy atom. The fraction of sp³-hybridized carbons (Fsp3) is 0.200. The molecule has 1 atom stereocenters. The lowest BCUT2D eigenvalue weighted by Gasteiger charge is -2.25. The molecule has 7 heteroatoms. The highest BCUT2D eigenvalue weighted by molar-refractivity contribution is 6.04. The molecule has 0 fully saturated rings. The van der Waals surface area contributed by atoms with E-state index in [1.54, 1.807) is 48.5 Å². The van der Waals surface area contributed by atoms with Crippen molar-refractivity contribution in [3.05, 3.63) is 71.3 Å². The molecule has 0 spiro atoms. The summed E-state index contributed by atoms with van der Waals surface area (Å²) in [5, 5.41) is 12.7. The van der Waals surface area contributed by atoms with Crippen LogP contribution in [0.25, 0.3) is 0 Å². The van der Waals surface area contributed by atoms with Crippen LogP contribution in [0.4, 0.5) is 0 Å². The summed E-state index contributed by atoms with van der Waals surface area (Å²) in [7, 11) is 2.96. The van der Waals surface area contributed by atoms with Crippen molar-refractivity contribution in [2.75, 3.05) is 14.2 Å². The van der Waals surface area contributed by atoms with Gasteiger partial charge in [0.05, 0.1) is 14.2 Å². The fourth-order valence-corrected chi connectivity index (χ4v) is 2.85. The molecule has 1 aliphatic rings. The Labute approximate surface area is 156 Å². The standard InChI is InChI=1S/C20H19NO6/c1-20(14-10-9-13(25-2)11-15(14)26-3)17(23)16(22)19(27-20)21-18(24)12-7-5-4-6-8-12/h4-11,22H,1-3H3,(H,21,24). The summed E-state index contributed by atoms with van der Waals surface area (Å²) < 4.78 is 16.2. The number of rotatable bonds is 5. The summed E-state index contributed by atoms with van der Waals surface area (Å²) in [6.45, 7) is 1.50. The molecular weight excluding hydrogens is 350 g/mol. The smallest absolute Gasteiger partial charge is 0.258 e. The third-order valence-electron chi connectivity index (χ3n) is 4.36. The van der Waals surface area contributed by atoms with Gasteiger partial charge >= 0.3 is 0 Å². The zero-order valence-corrected chi connectivity index (χ0v) is 15.1. The van der Waals surface area contributed by atoms with E-state index in [-0.39, 0.29) is 5.88 Å². The number of nitrogens with one attached hydrogen (secondary N) is 1. The van der Waals surface area contributed by atoms with E-state index in [0.29, 0.717) is 22.6 Å². The molecule has 1 heterocycles. The normalized spacial score (nSPS) is 18.9. The van der Waals surface area contributed by atoms with Crippen molar-refractivity contribution in [1.82, 2.24) is 5.32 Å². The minimum atomic E-state index is -1.55. The van der Waals surface area contributed by atoms with Gasteiger partial charge in [0.1, 0.15) is 11.5 Å². The number of hydrogen-bond acceptors (Lipinski definition) is 6. The maximum Gasteiger partial charge on any atom is 0.258 e. The van der Waals surface area contributed by atoms with E-state index < -0.39 is 23.1 Å². The number of Topliss-reactive ketones (excluding diaryl/α,β-unsaturated/α-hetero) is 1. The van der Waals surface area contributed by atoms with Gasteiger partial charge in [0.15, 0.2) is 0 Å². The molecule has 1 amide bonds. The van der Waals surface area contributed by atoms with Gasteiger partial charge in [0, 0.05) is 17.2 Å². The predicted octanol–water partition coefficient (Wildman–Crippen LogP) is 2.68. The van der Waals surface area contributed by atoms with Crippen LogP contribution in [0.3, 0.4) is 0 Å². The summed E-state index contributed by atoms with van der Waals surface area (Å²) in [6, 6.07) is 13.3. The molecular formula is C20H19NO6. The van der Waals surface area contributed by atoms with Gasteiger partial charge in [-0.1, -0.05) is 18.2 Å². The topological polar surface area (TPSA) is 94.1 Å². The lowest BCUT2D eigenvalue weighted by molar-refractivity contribution is -0.131. The van der Waals surface area contributed by atoms with Crippen molar-refractivity contribution in [2.45, 2.75) is 12.5 Å². The maximum atomic E-state index is 12.7. The molecule has 27 heavy (non-hydrogen) atoms. The molecule has 2 aromatic rings. The Balaban J connectivity index is 1.90. The Bertz CT molecular complexity index is 921. The van der Waals surface area contributed by atoms with Gasteiger partial charge in [-0.05, 0) is 31.2 Å². The van der Waals surface area contributed by atoms with Gasteiger partial charge < -0.3 is 19.3 Å². The first-order valence-corrected chi connectivity index (χ1v) is 8.16. The van der Waals surface area contributed by atoms with Crippen LogP contribution in [0, 0.1) is 0 Å². The first kappa shape index (κ1) is 18.3. The van der Waals surface area contributed by atoms with Crippen molar-refractivity contribution in [3.8, 4) is 11.5 Å². The van der Waals surface area contributed by atoms with Crippen LogP contribution >= 0.6 is 0 Å². The molecule has 7 nitrogen and oxygen atoms in total. The molecule has 0 saturated carbocycles. The zero-order chi connectivity index (χ0) is 19.6. The lowest BCUT2D eigenvalue weighted by Crippen LogP contribution is -2.32. The first-order valence-electron chi connectivity index (χ1n) is 8.16. The van der Waals surface area contributed by atoms with E-state index >= 15 is 0 Å². The van der Waals surface area contributed by atoms with Gasteiger partial charge in [0.25, 0.3) is 11.7 Å². The number of amides is 1. The number of carbonyl (C=O) groups is 2. The van der Waals surface area contributed by atoms with E-state index in [9.17, 15) is 14.7 Å². The molecule has 1 unspecified atom stereocenters. The van der Waals surface area contributed by atoms with Crippen LogP contribution in [0.1, 0.15) is 22.8 Å². The number of methoxy groups -OCH3 is 2. The Kier molecular flexibility index (Phi) is 4.77. The number of ether oxygens (including phenoxy) is 3. The summed E-state index contributed by atoms with van der Waals surface area (Å²) in [6.07, 6.45) is 0. The van der Waals surface area contributed by atoms with Gasteiger partial charge in [-0.15, -0.1) is 0 Å². The predicted molar refractivity (Wildman–Crippen MR) is 96.6 cm³/mol. The molecule has 0 saturated heterocycles. The quantitative estimate of drug-likeness (QED) is 0.842. The van der Waals surface area contributed by atoms with Gasteiger partial charge in [0.2, 0.25) is 17.2 Å². The molecule has 1 aliphatic heterocycles. The number of aliphatic hydroxyl groups is 1. The SMILES string of the molecule is COc1ccc(C2(C)OC(NC(=O)c3ccccc3)=C(O)C2=O)c(OC)c1. The lowest BCUT2D eigenvalue weighted by atomic mass is 9.90. The second-order valence-electron chi connectivity index (χ2n) is 6.03. The van der Waals surface area contributed by atoms with Crippen molar-refractivity contribution < 1.29 is 28.9 Å². The number of carbonyl (C=O) groups excluding carboxylic acids is 2. The second kappa shape index (κ2) is 7.03. The first-order chi connectivity index (χ1) is 12.9. The van der Waals surface area contributed by atoms with Crippen molar-refractivity contribution >= 4 is 11.7 Å². The molecule has 0 bridgehead atoms. The average molecular weight is 369 g/mol. The van der Waals surface area contributed by atoms with Crippen LogP contribution in [-0.4, -0.2) is 31.0 Å². The van der Waals surface area contributed by atoms with Crippen LogP contribution in [0.5, 0.6) is 11.5 Å². The number of aliphatic hydroxyl groups excluding tert-OH is 1. The third kappa shape index (κ3) is 3.19. The van der Waals surface area contributed by atoms with E-state index in [1.165, 1.54) is 21.1 Å². The minimum Gasteiger partial charge on any atom is -0.501 e. The van der Waals surface area contributed by atoms with Gasteiger partial charge in [-0.3, -0.25) is 14.9 Å². The van der Waals surface area contributed by atoms with Crippen LogP contribution < -0.4 is 14.8 Å². The number of benzene rings is 2. The van der Waals surface area contributed by atoms with Crippen LogP contribution in [-0.2, 0) is 15.1 Å². The van der Waals surface area contributed by atoms with Gasteiger partial charge in [-0.2, -0.15) is 0 Å². The Morgan fingerprint density at radius 2 is 1.81 bits per heavy atom. The highest BCUT2D eigenvalue weighted by Gasteiger charge is 2.50. The molecule has 0 aliphatic carbocycles. The number of ketones is 1. The zero-order valence-electron chi connectivity index (χ0n) is 15.1. The van der Waals surface area contributed by atoms with E-state index in [2.05, 4.69) is 5.32 Å². The fourth-order valence-electron chi connectivity index (χ4n) is 2.85. The van der Waals surface area contributed by atoms with E-state index in [0.717, 1.165) is 0 Å². The monoisotopic (exact) mass is 369 g/mol. The van der Waals surface area contributed by atoms with Crippen LogP contribution in [0.15, 0.2) is 60.2 Å². The summed E-state index contributed by atoms with van der Waals surface area (Å²) in [5.41, 5.74) is -0.795. The molecule has 140 valence electrons. The van der Waals surface area contributed by atoms with E-state index in [4.69, 9.17) is 14.2 Å². The summed E-state index contributed by atoms with van der Waals surface area (Å²) in [5.74, 6) is -1.24. The molecule has 0 aromatic heterocycles. The van der Waals surface area contributed by atoms with Gasteiger partial charge in [-0.25, -0.2) is 0 Å². The minimum absolute atomic E-state index is 0.297. The Hall–Kier alpha value is -3.48. The van der Waals surface area contributed by atoms with Crippen molar-refractivity contribution in [1.29, 1.82) is 0 Å². The van der Waals surface area contributed by atoms with E-state index in [1.807, 2.05) is 0 Å². The molecule has 0 radical (unpaired) electrons. The molecule has 2 aromatic carbocycles. The van der Waals surface area contributed by atoms with Crippen molar-refractivity contribution in [2.24, 2.45) is 0 Å². The third-order valence-corrected chi connectivity index (χ3v) is 4.36.